The van der Waals surface area contributed by atoms with Crippen LogP contribution in [0, 0.1) is 6.92 Å². The minimum absolute atomic E-state index is 0.531. The van der Waals surface area contributed by atoms with Gasteiger partial charge in [0.05, 0.1) is 0 Å². The Hall–Kier alpha value is -2.30. The molecular formula is C12H12N4O. The molecule has 0 aliphatic carbocycles. The van der Waals surface area contributed by atoms with Crippen LogP contribution in [0.4, 0.5) is 5.69 Å². The van der Waals surface area contributed by atoms with Gasteiger partial charge in [0.2, 0.25) is 5.89 Å². The number of benzene rings is 1. The fraction of sp³-hybridized carbons (Fsp3) is 0.167. The molecule has 0 aliphatic heterocycles. The van der Waals surface area contributed by atoms with Gasteiger partial charge in [-0.3, -0.25) is 4.68 Å². The van der Waals surface area contributed by atoms with Crippen LogP contribution in [0.25, 0.3) is 22.7 Å². The zero-order chi connectivity index (χ0) is 12.0. The predicted octanol–water partition coefficient (Wildman–Crippen LogP) is 2.12. The maximum absolute atomic E-state index is 5.70. The number of hydrogen-bond donors (Lipinski definition) is 1. The maximum Gasteiger partial charge on any atom is 0.248 e. The van der Waals surface area contributed by atoms with Gasteiger partial charge in [-0.25, -0.2) is 4.98 Å². The summed E-state index contributed by atoms with van der Waals surface area (Å²) in [5, 5.41) is 4.33. The molecule has 0 aliphatic rings. The van der Waals surface area contributed by atoms with E-state index in [1.54, 1.807) is 16.8 Å². The van der Waals surface area contributed by atoms with E-state index in [1.165, 1.54) is 0 Å². The summed E-state index contributed by atoms with van der Waals surface area (Å²) in [5.74, 6) is 0.531. The van der Waals surface area contributed by atoms with Gasteiger partial charge < -0.3 is 10.2 Å². The number of nitrogens with two attached hydrogens (primary N) is 1. The first kappa shape index (κ1) is 9.89. The summed E-state index contributed by atoms with van der Waals surface area (Å²) in [4.78, 5) is 4.40. The monoisotopic (exact) mass is 228 g/mol. The lowest BCUT2D eigenvalue weighted by Gasteiger charge is -1.89. The summed E-state index contributed by atoms with van der Waals surface area (Å²) in [7, 11) is 1.87. The van der Waals surface area contributed by atoms with E-state index in [0.717, 1.165) is 16.8 Å². The van der Waals surface area contributed by atoms with Gasteiger partial charge in [0, 0.05) is 25.0 Å². The number of anilines is 1. The van der Waals surface area contributed by atoms with Crippen LogP contribution in [0.5, 0.6) is 0 Å². The molecule has 0 amide bonds. The van der Waals surface area contributed by atoms with Crippen molar-refractivity contribution in [3.05, 3.63) is 30.0 Å². The number of oxazole rings is 1. The predicted molar refractivity (Wildman–Crippen MR) is 65.4 cm³/mol. The molecule has 0 saturated carbocycles. The first-order valence-electron chi connectivity index (χ1n) is 5.30. The van der Waals surface area contributed by atoms with Crippen LogP contribution in [0.2, 0.25) is 0 Å². The number of nitrogen functional groups attached to an aromatic ring is 1. The van der Waals surface area contributed by atoms with Gasteiger partial charge in [0.25, 0.3) is 0 Å². The standard InChI is InChI=1S/C12H12N4O/c1-7-6-16(2)15-11(7)12-14-9-4-3-8(13)5-10(9)17-12/h3-6H,13H2,1-2H3. The number of hydrogen-bond acceptors (Lipinski definition) is 4. The largest absolute Gasteiger partial charge is 0.435 e. The van der Waals surface area contributed by atoms with Crippen LogP contribution in [0.1, 0.15) is 5.56 Å². The lowest BCUT2D eigenvalue weighted by Crippen LogP contribution is -1.87. The molecule has 0 atom stereocenters. The maximum atomic E-state index is 5.70. The molecule has 0 fully saturated rings. The molecule has 5 heteroatoms. The highest BCUT2D eigenvalue weighted by molar-refractivity contribution is 5.79. The van der Waals surface area contributed by atoms with Gasteiger partial charge in [-0.1, -0.05) is 0 Å². The topological polar surface area (TPSA) is 69.9 Å². The van der Waals surface area contributed by atoms with Crippen molar-refractivity contribution in [1.29, 1.82) is 0 Å². The van der Waals surface area contributed by atoms with E-state index in [-0.39, 0.29) is 0 Å². The van der Waals surface area contributed by atoms with E-state index in [2.05, 4.69) is 10.1 Å². The third kappa shape index (κ3) is 1.56. The Morgan fingerprint density at radius 3 is 2.88 bits per heavy atom. The van der Waals surface area contributed by atoms with Gasteiger partial charge in [-0.2, -0.15) is 5.10 Å². The third-order valence-electron chi connectivity index (χ3n) is 2.63. The second-order valence-electron chi connectivity index (χ2n) is 4.08. The van der Waals surface area contributed by atoms with E-state index in [9.17, 15) is 0 Å². The molecule has 2 heterocycles. The minimum atomic E-state index is 0.531. The summed E-state index contributed by atoms with van der Waals surface area (Å²) in [6.45, 7) is 1.98. The Labute approximate surface area is 97.9 Å². The van der Waals surface area contributed by atoms with Crippen LogP contribution >= 0.6 is 0 Å². The molecule has 1 aromatic carbocycles. The molecule has 0 saturated heterocycles. The van der Waals surface area contributed by atoms with Gasteiger partial charge in [-0.05, 0) is 24.6 Å². The number of aryl methyl sites for hydroxylation is 2. The third-order valence-corrected chi connectivity index (χ3v) is 2.63. The van der Waals surface area contributed by atoms with Crippen molar-refractivity contribution in [1.82, 2.24) is 14.8 Å². The normalized spacial score (nSPS) is 11.2. The van der Waals surface area contributed by atoms with E-state index in [4.69, 9.17) is 10.2 Å². The molecule has 0 radical (unpaired) electrons. The summed E-state index contributed by atoms with van der Waals surface area (Å²) in [5.41, 5.74) is 9.64. The molecule has 3 aromatic rings. The Balaban J connectivity index is 2.21. The average Bonchev–Trinajstić information content (AvgIpc) is 2.80. The van der Waals surface area contributed by atoms with Crippen molar-refractivity contribution >= 4 is 16.8 Å². The molecule has 0 bridgehead atoms. The van der Waals surface area contributed by atoms with Gasteiger partial charge in [-0.15, -0.1) is 0 Å². The Bertz CT molecular complexity index is 696. The summed E-state index contributed by atoms with van der Waals surface area (Å²) in [6, 6.07) is 5.42. The van der Waals surface area contributed by atoms with Crippen molar-refractivity contribution in [3.63, 3.8) is 0 Å². The lowest BCUT2D eigenvalue weighted by molar-refractivity contribution is 0.613. The fourth-order valence-corrected chi connectivity index (χ4v) is 1.86. The molecule has 3 rings (SSSR count). The Kier molecular flexibility index (Phi) is 1.95. The van der Waals surface area contributed by atoms with E-state index >= 15 is 0 Å². The zero-order valence-electron chi connectivity index (χ0n) is 9.64. The molecule has 0 unspecified atom stereocenters. The SMILES string of the molecule is Cc1cn(C)nc1-c1nc2ccc(N)cc2o1. The molecule has 5 nitrogen and oxygen atoms in total. The molecule has 17 heavy (non-hydrogen) atoms. The average molecular weight is 228 g/mol. The zero-order valence-corrected chi connectivity index (χ0v) is 9.64. The quantitative estimate of drug-likeness (QED) is 0.647. The van der Waals surface area contributed by atoms with Crippen LogP contribution in [0.15, 0.2) is 28.8 Å². The van der Waals surface area contributed by atoms with Crippen molar-refractivity contribution < 1.29 is 4.42 Å². The first-order valence-corrected chi connectivity index (χ1v) is 5.30. The molecule has 0 spiro atoms. The molecule has 2 aromatic heterocycles. The highest BCUT2D eigenvalue weighted by Gasteiger charge is 2.13. The Morgan fingerprint density at radius 1 is 1.35 bits per heavy atom. The summed E-state index contributed by atoms with van der Waals surface area (Å²) >= 11 is 0. The number of rotatable bonds is 1. The van der Waals surface area contributed by atoms with Crippen molar-refractivity contribution in [3.8, 4) is 11.6 Å². The van der Waals surface area contributed by atoms with E-state index in [1.807, 2.05) is 26.2 Å². The molecule has 86 valence electrons. The molecular weight excluding hydrogens is 216 g/mol. The van der Waals surface area contributed by atoms with Crippen LogP contribution < -0.4 is 5.73 Å². The van der Waals surface area contributed by atoms with Gasteiger partial charge >= 0.3 is 0 Å². The Morgan fingerprint density at radius 2 is 2.18 bits per heavy atom. The highest BCUT2D eigenvalue weighted by atomic mass is 16.3. The van der Waals surface area contributed by atoms with E-state index < -0.39 is 0 Å². The number of fused-ring (bicyclic) bond motifs is 1. The molecule has 2 N–H and O–H groups in total. The fourth-order valence-electron chi connectivity index (χ4n) is 1.86. The number of nitrogens with zero attached hydrogens (tertiary/aromatic N) is 3. The second kappa shape index (κ2) is 3.35. The van der Waals surface area contributed by atoms with Crippen molar-refractivity contribution in [2.24, 2.45) is 7.05 Å². The first-order chi connectivity index (χ1) is 8.13. The van der Waals surface area contributed by atoms with Crippen molar-refractivity contribution in [2.45, 2.75) is 6.92 Å². The van der Waals surface area contributed by atoms with Crippen LogP contribution in [-0.2, 0) is 7.05 Å². The minimum Gasteiger partial charge on any atom is -0.435 e. The van der Waals surface area contributed by atoms with Gasteiger partial charge in [0.1, 0.15) is 5.52 Å². The summed E-state index contributed by atoms with van der Waals surface area (Å²) < 4.78 is 7.41. The van der Waals surface area contributed by atoms with Gasteiger partial charge in [0.15, 0.2) is 11.3 Å². The van der Waals surface area contributed by atoms with Crippen LogP contribution in [-0.4, -0.2) is 14.8 Å². The smallest absolute Gasteiger partial charge is 0.248 e. The van der Waals surface area contributed by atoms with E-state index in [0.29, 0.717) is 17.2 Å². The van der Waals surface area contributed by atoms with Crippen molar-refractivity contribution in [2.75, 3.05) is 5.73 Å². The lowest BCUT2D eigenvalue weighted by atomic mass is 10.3. The van der Waals surface area contributed by atoms with Crippen LogP contribution in [0.3, 0.4) is 0 Å². The second-order valence-corrected chi connectivity index (χ2v) is 4.08. The number of aromatic nitrogens is 3. The summed E-state index contributed by atoms with van der Waals surface area (Å²) in [6.07, 6.45) is 1.93. The highest BCUT2D eigenvalue weighted by Crippen LogP contribution is 2.26.